The molecule has 4 heterocycles. The number of methoxy groups -OCH3 is 1. The lowest BCUT2D eigenvalue weighted by Gasteiger charge is -2.20. The third-order valence-corrected chi connectivity index (χ3v) is 4.99. The third kappa shape index (κ3) is 3.47. The van der Waals surface area contributed by atoms with Crippen molar-refractivity contribution in [2.75, 3.05) is 20.3 Å². The lowest BCUT2D eigenvalue weighted by Crippen LogP contribution is -2.35. The molecule has 4 aromatic rings. The molecule has 10 nitrogen and oxygen atoms in total. The van der Waals surface area contributed by atoms with Gasteiger partial charge in [0, 0.05) is 19.4 Å². The van der Waals surface area contributed by atoms with Crippen molar-refractivity contribution in [2.45, 2.75) is 12.3 Å². The molecule has 4 rings (SSSR count). The molecule has 0 amide bonds. The first-order valence-electron chi connectivity index (χ1n) is 9.18. The summed E-state index contributed by atoms with van der Waals surface area (Å²) in [5, 5.41) is 15.2. The van der Waals surface area contributed by atoms with Crippen LogP contribution in [-0.4, -0.2) is 66.1 Å². The van der Waals surface area contributed by atoms with E-state index in [1.54, 1.807) is 28.4 Å². The number of pyridine rings is 1. The summed E-state index contributed by atoms with van der Waals surface area (Å²) >= 11 is 6.23. The minimum absolute atomic E-state index is 0.0328. The van der Waals surface area contributed by atoms with E-state index in [1.807, 2.05) is 0 Å². The van der Waals surface area contributed by atoms with E-state index < -0.39 is 31.3 Å². The van der Waals surface area contributed by atoms with Gasteiger partial charge in [0.25, 0.3) is 0 Å². The van der Waals surface area contributed by atoms with Crippen LogP contribution in [0.4, 0.5) is 13.2 Å². The van der Waals surface area contributed by atoms with E-state index in [1.165, 1.54) is 19.6 Å². The molecule has 0 spiro atoms. The van der Waals surface area contributed by atoms with E-state index in [0.717, 1.165) is 0 Å². The number of hydrogen-bond donors (Lipinski definition) is 2. The molecular weight excluding hydrogens is 455 g/mol. The quantitative estimate of drug-likeness (QED) is 0.406. The summed E-state index contributed by atoms with van der Waals surface area (Å²) in [4.78, 5) is 12.4. The highest BCUT2D eigenvalue weighted by atomic mass is 35.5. The molecule has 0 saturated carbocycles. The van der Waals surface area contributed by atoms with Crippen LogP contribution in [0.3, 0.4) is 0 Å². The van der Waals surface area contributed by atoms with Gasteiger partial charge in [0.1, 0.15) is 21.9 Å². The van der Waals surface area contributed by atoms with Gasteiger partial charge < -0.3 is 23.7 Å². The maximum absolute atomic E-state index is 14.9. The summed E-state index contributed by atoms with van der Waals surface area (Å²) in [6.45, 7) is -1.32. The number of nitrogens with zero attached hydrogens (tertiary/aromatic N) is 6. The van der Waals surface area contributed by atoms with Crippen LogP contribution < -0.4 is 4.74 Å². The molecule has 0 aromatic carbocycles. The van der Waals surface area contributed by atoms with Gasteiger partial charge in [0.2, 0.25) is 11.7 Å². The van der Waals surface area contributed by atoms with Crippen molar-refractivity contribution in [3.05, 3.63) is 35.6 Å². The fraction of sp³-hybridized carbons (Fsp3) is 0.333. The number of aliphatic hydroxyl groups excluding tert-OH is 1. The van der Waals surface area contributed by atoms with Crippen molar-refractivity contribution in [1.29, 1.82) is 0 Å². The summed E-state index contributed by atoms with van der Waals surface area (Å²) in [5.74, 6) is -4.38. The summed E-state index contributed by atoms with van der Waals surface area (Å²) in [6, 6.07) is 1.62. The topological polar surface area (TPSA) is 116 Å². The van der Waals surface area contributed by atoms with Gasteiger partial charge in [-0.1, -0.05) is 11.6 Å². The number of H-pyrrole nitrogens is 1. The van der Waals surface area contributed by atoms with Crippen LogP contribution in [0.2, 0.25) is 5.02 Å². The van der Waals surface area contributed by atoms with Gasteiger partial charge in [-0.05, 0) is 6.07 Å². The number of hydrogen-bond acceptors (Lipinski definition) is 7. The van der Waals surface area contributed by atoms with E-state index in [9.17, 15) is 13.2 Å². The highest BCUT2D eigenvalue weighted by Crippen LogP contribution is 2.38. The Bertz CT molecular complexity index is 1240. The Kier molecular flexibility index (Phi) is 5.79. The normalized spacial score (nSPS) is 13.8. The van der Waals surface area contributed by atoms with Crippen LogP contribution in [-0.2, 0) is 17.6 Å². The zero-order valence-corrected chi connectivity index (χ0v) is 17.5. The predicted molar refractivity (Wildman–Crippen MR) is 107 cm³/mol. The Balaban J connectivity index is 1.94. The summed E-state index contributed by atoms with van der Waals surface area (Å²) < 4.78 is 54.8. The van der Waals surface area contributed by atoms with Crippen LogP contribution in [0.1, 0.15) is 5.82 Å². The van der Waals surface area contributed by atoms with Crippen molar-refractivity contribution in [1.82, 2.24) is 34.3 Å². The maximum atomic E-state index is 14.9. The smallest absolute Gasteiger partial charge is 0.332 e. The summed E-state index contributed by atoms with van der Waals surface area (Å²) in [5.41, 5.74) is 1.80. The molecule has 4 aromatic heterocycles. The molecule has 170 valence electrons. The lowest BCUT2D eigenvalue weighted by molar-refractivity contribution is -0.238. The zero-order chi connectivity index (χ0) is 23.0. The minimum Gasteiger partial charge on any atom is -0.480 e. The zero-order valence-electron chi connectivity index (χ0n) is 16.8. The van der Waals surface area contributed by atoms with Crippen LogP contribution in [0, 0.1) is 0 Å². The molecule has 0 radical (unpaired) electrons. The number of alkyl halides is 3. The Hall–Kier alpha value is -3.16. The van der Waals surface area contributed by atoms with Crippen molar-refractivity contribution in [2.24, 2.45) is 7.05 Å². The lowest BCUT2D eigenvalue weighted by atomic mass is 10.2. The SMILES string of the molecule is COc1nc2c(-n3ccnc3)c(-c3nc(C(F)(OCCO)C(F)F)n[nH]3)n(C)c2cc1Cl. The van der Waals surface area contributed by atoms with Gasteiger partial charge in [0.15, 0.2) is 5.82 Å². The molecule has 0 aliphatic heterocycles. The van der Waals surface area contributed by atoms with Crippen LogP contribution in [0.5, 0.6) is 5.88 Å². The summed E-state index contributed by atoms with van der Waals surface area (Å²) in [6.07, 6.45) is 1.08. The minimum atomic E-state index is -3.61. The number of rotatable bonds is 8. The molecule has 14 heteroatoms. The number of aromatic amines is 1. The molecule has 0 saturated heterocycles. The average molecular weight is 472 g/mol. The van der Waals surface area contributed by atoms with Crippen LogP contribution in [0.25, 0.3) is 28.2 Å². The first kappa shape index (κ1) is 22.0. The molecule has 1 unspecified atom stereocenters. The highest BCUT2D eigenvalue weighted by Gasteiger charge is 2.48. The standard InChI is InChI=1S/C18H17ClF3N7O3/c1-28-10-7-9(19)15(31-2)24-11(10)12(29-4-3-23-8-29)13(28)14-25-17(27-26-14)18(22,16(20)21)32-6-5-30/h3-4,7-8,16,30H,5-6H2,1-2H3,(H,25,26,27). The van der Waals surface area contributed by atoms with Crippen molar-refractivity contribution >= 4 is 22.6 Å². The highest BCUT2D eigenvalue weighted by molar-refractivity contribution is 6.32. The number of aliphatic hydroxyl groups is 1. The molecule has 2 N–H and O–H groups in total. The van der Waals surface area contributed by atoms with Gasteiger partial charge >= 0.3 is 12.3 Å². The van der Waals surface area contributed by atoms with Crippen LogP contribution >= 0.6 is 11.6 Å². The Morgan fingerprint density at radius 1 is 1.34 bits per heavy atom. The number of ether oxygens (including phenoxy) is 2. The molecular formula is C18H17ClF3N7O3. The summed E-state index contributed by atoms with van der Waals surface area (Å²) in [7, 11) is 3.09. The number of aromatic nitrogens is 7. The van der Waals surface area contributed by atoms with Gasteiger partial charge in [-0.25, -0.2) is 23.7 Å². The second-order valence-electron chi connectivity index (χ2n) is 6.60. The van der Waals surface area contributed by atoms with Gasteiger partial charge in [-0.2, -0.15) is 9.49 Å². The Labute approximate surface area is 183 Å². The van der Waals surface area contributed by atoms with Crippen LogP contribution in [0.15, 0.2) is 24.8 Å². The number of fused-ring (bicyclic) bond motifs is 1. The largest absolute Gasteiger partial charge is 0.480 e. The number of halogens is 4. The first-order chi connectivity index (χ1) is 15.3. The third-order valence-electron chi connectivity index (χ3n) is 4.72. The Morgan fingerprint density at radius 2 is 2.12 bits per heavy atom. The van der Waals surface area contributed by atoms with E-state index in [4.69, 9.17) is 21.4 Å². The Morgan fingerprint density at radius 3 is 2.75 bits per heavy atom. The second kappa shape index (κ2) is 8.41. The van der Waals surface area contributed by atoms with Crippen molar-refractivity contribution in [3.63, 3.8) is 0 Å². The monoisotopic (exact) mass is 471 g/mol. The van der Waals surface area contributed by atoms with E-state index in [2.05, 4.69) is 29.9 Å². The fourth-order valence-electron chi connectivity index (χ4n) is 3.27. The van der Waals surface area contributed by atoms with Gasteiger partial charge in [-0.3, -0.25) is 5.10 Å². The van der Waals surface area contributed by atoms with E-state index >= 15 is 0 Å². The van der Waals surface area contributed by atoms with Crippen molar-refractivity contribution in [3.8, 4) is 23.1 Å². The molecule has 32 heavy (non-hydrogen) atoms. The maximum Gasteiger partial charge on any atom is 0.332 e. The molecule has 0 aliphatic rings. The van der Waals surface area contributed by atoms with Crippen molar-refractivity contribution < 1.29 is 27.8 Å². The first-order valence-corrected chi connectivity index (χ1v) is 9.56. The van der Waals surface area contributed by atoms with Gasteiger partial charge in [-0.15, -0.1) is 0 Å². The molecule has 0 bridgehead atoms. The number of nitrogens with one attached hydrogen (secondary N) is 1. The molecule has 1 atom stereocenters. The second-order valence-corrected chi connectivity index (χ2v) is 7.01. The number of aryl methyl sites for hydroxylation is 1. The fourth-order valence-corrected chi connectivity index (χ4v) is 3.50. The predicted octanol–water partition coefficient (Wildman–Crippen LogP) is 2.60. The number of imidazole rings is 1. The average Bonchev–Trinajstić information content (AvgIpc) is 3.51. The molecule has 0 aliphatic carbocycles. The van der Waals surface area contributed by atoms with Gasteiger partial charge in [0.05, 0.1) is 32.2 Å². The molecule has 0 fully saturated rings. The van der Waals surface area contributed by atoms with E-state index in [-0.39, 0.29) is 16.7 Å². The van der Waals surface area contributed by atoms with E-state index in [0.29, 0.717) is 22.4 Å².